The van der Waals surface area contributed by atoms with E-state index >= 15 is 0 Å². The van der Waals surface area contributed by atoms with Crippen LogP contribution in [0.3, 0.4) is 0 Å². The molecule has 0 aromatic carbocycles. The van der Waals surface area contributed by atoms with E-state index in [4.69, 9.17) is 9.52 Å². The van der Waals surface area contributed by atoms with Gasteiger partial charge in [-0.05, 0) is 43.4 Å². The number of pyridine rings is 1. The number of nitrogens with one attached hydrogen (secondary N) is 1. The monoisotopic (exact) mass is 445 g/mol. The number of H-pyrrole nitrogens is 1. The third-order valence-corrected chi connectivity index (χ3v) is 8.48. The number of aryl methyl sites for hydroxylation is 1. The van der Waals surface area contributed by atoms with Gasteiger partial charge in [0.05, 0.1) is 5.69 Å². The summed E-state index contributed by atoms with van der Waals surface area (Å²) in [6.07, 6.45) is 5.26. The van der Waals surface area contributed by atoms with Gasteiger partial charge in [0.2, 0.25) is 15.8 Å². The van der Waals surface area contributed by atoms with Gasteiger partial charge in [-0.1, -0.05) is 0 Å². The minimum atomic E-state index is -3.43. The van der Waals surface area contributed by atoms with Crippen LogP contribution in [0.2, 0.25) is 0 Å². The summed E-state index contributed by atoms with van der Waals surface area (Å²) >= 11 is 0. The van der Waals surface area contributed by atoms with Gasteiger partial charge in [0, 0.05) is 44.0 Å². The Morgan fingerprint density at radius 1 is 1.29 bits per heavy atom. The number of carbonyl (C=O) groups is 1. The molecule has 0 atom stereocenters. The lowest BCUT2D eigenvalue weighted by Gasteiger charge is -2.41. The van der Waals surface area contributed by atoms with Gasteiger partial charge in [-0.2, -0.15) is 4.98 Å². The highest BCUT2D eigenvalue weighted by Gasteiger charge is 2.44. The van der Waals surface area contributed by atoms with Gasteiger partial charge < -0.3 is 19.4 Å². The van der Waals surface area contributed by atoms with Gasteiger partial charge in [-0.3, -0.25) is 0 Å². The number of oxazole rings is 1. The average Bonchev–Trinajstić information content (AvgIpc) is 3.30. The fraction of sp³-hybridized carbons (Fsp3) is 0.450. The lowest BCUT2D eigenvalue weighted by atomic mass is 9.90. The second kappa shape index (κ2) is 7.34. The van der Waals surface area contributed by atoms with Crippen molar-refractivity contribution in [2.45, 2.75) is 30.9 Å². The summed E-state index contributed by atoms with van der Waals surface area (Å²) in [4.78, 5) is 24.4. The molecule has 5 rings (SSSR count). The minimum absolute atomic E-state index is 0.160. The second-order valence-corrected chi connectivity index (χ2v) is 10.3. The van der Waals surface area contributed by atoms with Crippen LogP contribution in [0.1, 0.15) is 40.6 Å². The maximum Gasteiger partial charge on any atom is 0.373 e. The molecule has 0 amide bonds. The summed E-state index contributed by atoms with van der Waals surface area (Å²) in [5, 5.41) is 9.65. The predicted octanol–water partition coefficient (Wildman–Crippen LogP) is 1.96. The molecule has 0 unspecified atom stereocenters. The van der Waals surface area contributed by atoms with Crippen molar-refractivity contribution in [3.8, 4) is 0 Å². The molecule has 11 heteroatoms. The van der Waals surface area contributed by atoms with Gasteiger partial charge >= 0.3 is 5.97 Å². The van der Waals surface area contributed by atoms with Crippen molar-refractivity contribution in [1.29, 1.82) is 0 Å². The highest BCUT2D eigenvalue weighted by atomic mass is 32.2. The Morgan fingerprint density at radius 2 is 2.03 bits per heavy atom. The predicted molar refractivity (Wildman–Crippen MR) is 113 cm³/mol. The third-order valence-electron chi connectivity index (χ3n) is 6.26. The molecule has 2 N–H and O–H groups in total. The molecular formula is C20H23N5O5S. The Balaban J connectivity index is 1.22. The van der Waals surface area contributed by atoms with Crippen molar-refractivity contribution < 1.29 is 22.7 Å². The zero-order chi connectivity index (χ0) is 21.8. The molecule has 2 aliphatic heterocycles. The zero-order valence-electron chi connectivity index (χ0n) is 17.0. The van der Waals surface area contributed by atoms with Crippen LogP contribution >= 0.6 is 0 Å². The van der Waals surface area contributed by atoms with Gasteiger partial charge in [0.1, 0.15) is 10.9 Å². The number of nitrogens with zero attached hydrogens (tertiary/aromatic N) is 4. The molecule has 0 bridgehead atoms. The van der Waals surface area contributed by atoms with Crippen molar-refractivity contribution in [2.75, 3.05) is 31.1 Å². The topological polar surface area (TPSA) is 133 Å². The molecule has 0 spiro atoms. The van der Waals surface area contributed by atoms with Crippen LogP contribution < -0.4 is 4.90 Å². The Labute approximate surface area is 178 Å². The van der Waals surface area contributed by atoms with Crippen LogP contribution in [-0.2, 0) is 10.0 Å². The van der Waals surface area contributed by atoms with Gasteiger partial charge in [-0.25, -0.2) is 22.5 Å². The highest BCUT2D eigenvalue weighted by Crippen LogP contribution is 2.35. The van der Waals surface area contributed by atoms with E-state index in [-0.39, 0.29) is 30.6 Å². The number of fused-ring (bicyclic) bond motifs is 1. The number of anilines is 1. The van der Waals surface area contributed by atoms with E-state index in [0.29, 0.717) is 19.0 Å². The molecule has 2 aliphatic rings. The van der Waals surface area contributed by atoms with E-state index in [1.54, 1.807) is 22.3 Å². The largest absolute Gasteiger partial charge is 0.475 e. The standard InChI is InChI=1S/C20H23N5O5S/c1-12-17(19(26)27)30-20(23-12)24-10-14(11-24)31(28,29)25-7-4-13(5-8-25)16-9-22-18-15(16)3-2-6-21-18/h2-3,6,9,13-14H,4-5,7-8,10-11H2,1H3,(H,21,22)(H,26,27). The lowest BCUT2D eigenvalue weighted by molar-refractivity contribution is 0.0661. The first-order chi connectivity index (χ1) is 14.8. The number of aromatic carboxylic acids is 1. The van der Waals surface area contributed by atoms with E-state index in [1.807, 2.05) is 18.3 Å². The number of aromatic nitrogens is 3. The van der Waals surface area contributed by atoms with E-state index < -0.39 is 21.2 Å². The van der Waals surface area contributed by atoms with Crippen LogP contribution in [-0.4, -0.2) is 70.2 Å². The van der Waals surface area contributed by atoms with Gasteiger partial charge in [0.15, 0.2) is 0 Å². The van der Waals surface area contributed by atoms with Crippen LogP contribution in [0, 0.1) is 6.92 Å². The summed E-state index contributed by atoms with van der Waals surface area (Å²) in [6, 6.07) is 4.12. The fourth-order valence-corrected chi connectivity index (χ4v) is 6.32. The Hall–Kier alpha value is -2.92. The smallest absolute Gasteiger partial charge is 0.373 e. The minimum Gasteiger partial charge on any atom is -0.475 e. The first-order valence-corrected chi connectivity index (χ1v) is 11.7. The molecule has 0 aliphatic carbocycles. The third kappa shape index (κ3) is 3.37. The number of piperidine rings is 1. The lowest BCUT2D eigenvalue weighted by Crippen LogP contribution is -2.59. The number of carboxylic acid groups (broad SMARTS) is 1. The SMILES string of the molecule is Cc1nc(N2CC(S(=O)(=O)N3CCC(c4c[nH]c5ncccc45)CC3)C2)oc1C(=O)O. The molecule has 0 saturated carbocycles. The summed E-state index contributed by atoms with van der Waals surface area (Å²) in [5.74, 6) is -1.10. The first kappa shape index (κ1) is 20.0. The maximum atomic E-state index is 13.1. The molecule has 2 saturated heterocycles. The van der Waals surface area contributed by atoms with Crippen molar-refractivity contribution in [3.05, 3.63) is 41.5 Å². The molecule has 0 radical (unpaired) electrons. The summed E-state index contributed by atoms with van der Waals surface area (Å²) in [7, 11) is -3.43. The normalized spacial score (nSPS) is 19.1. The zero-order valence-corrected chi connectivity index (χ0v) is 17.8. The van der Waals surface area contributed by atoms with E-state index in [2.05, 4.69) is 15.0 Å². The Kier molecular flexibility index (Phi) is 4.74. The number of carboxylic acids is 1. The Morgan fingerprint density at radius 3 is 2.71 bits per heavy atom. The van der Waals surface area contributed by atoms with Crippen molar-refractivity contribution in [1.82, 2.24) is 19.3 Å². The maximum absolute atomic E-state index is 13.1. The average molecular weight is 446 g/mol. The number of hydrogen-bond acceptors (Lipinski definition) is 7. The van der Waals surface area contributed by atoms with Crippen molar-refractivity contribution in [3.63, 3.8) is 0 Å². The summed E-state index contributed by atoms with van der Waals surface area (Å²) in [6.45, 7) is 3.01. The summed E-state index contributed by atoms with van der Waals surface area (Å²) in [5.41, 5.74) is 2.33. The van der Waals surface area contributed by atoms with Crippen LogP contribution in [0.5, 0.6) is 0 Å². The Bertz CT molecular complexity index is 1240. The van der Waals surface area contributed by atoms with Crippen LogP contribution in [0.25, 0.3) is 11.0 Å². The first-order valence-electron chi connectivity index (χ1n) is 10.2. The molecule has 3 aromatic rings. The number of sulfonamides is 1. The van der Waals surface area contributed by atoms with Crippen LogP contribution in [0.15, 0.2) is 28.9 Å². The van der Waals surface area contributed by atoms with E-state index in [0.717, 1.165) is 23.9 Å². The van der Waals surface area contributed by atoms with Crippen molar-refractivity contribution in [2.24, 2.45) is 0 Å². The summed E-state index contributed by atoms with van der Waals surface area (Å²) < 4.78 is 33.0. The quantitative estimate of drug-likeness (QED) is 0.609. The van der Waals surface area contributed by atoms with Gasteiger partial charge in [0.25, 0.3) is 6.01 Å². The van der Waals surface area contributed by atoms with Crippen molar-refractivity contribution >= 4 is 33.0 Å². The molecule has 31 heavy (non-hydrogen) atoms. The van der Waals surface area contributed by atoms with E-state index in [1.165, 1.54) is 5.56 Å². The molecule has 3 aromatic heterocycles. The molecule has 2 fully saturated rings. The number of hydrogen-bond donors (Lipinski definition) is 2. The van der Waals surface area contributed by atoms with Crippen LogP contribution in [0.4, 0.5) is 6.01 Å². The molecule has 10 nitrogen and oxygen atoms in total. The number of aromatic amines is 1. The second-order valence-electron chi connectivity index (χ2n) is 8.10. The van der Waals surface area contributed by atoms with E-state index in [9.17, 15) is 13.2 Å². The molecule has 5 heterocycles. The molecule has 164 valence electrons. The fourth-order valence-electron chi connectivity index (χ4n) is 4.45. The molecular weight excluding hydrogens is 422 g/mol. The number of rotatable bonds is 5. The highest BCUT2D eigenvalue weighted by molar-refractivity contribution is 7.89. The van der Waals surface area contributed by atoms with Gasteiger partial charge in [-0.15, -0.1) is 0 Å².